The van der Waals surface area contributed by atoms with Gasteiger partial charge in [-0.15, -0.1) is 0 Å². The van der Waals surface area contributed by atoms with Gasteiger partial charge in [0.15, 0.2) is 0 Å². The third-order valence-corrected chi connectivity index (χ3v) is 1.67. The standard InChI is InChI=1S/C10H20O/c1-3-5-7-9-10(11)8-6-4-2/h7,9-11H,3-6,8H2,1-2H3/b9-7+. The fourth-order valence-electron chi connectivity index (χ4n) is 0.929. The minimum absolute atomic E-state index is 0.207. The fraction of sp³-hybridized carbons (Fsp3) is 0.800. The number of hydrogen-bond donors (Lipinski definition) is 1. The highest BCUT2D eigenvalue weighted by molar-refractivity contribution is 4.87. The zero-order valence-corrected chi connectivity index (χ0v) is 7.71. The van der Waals surface area contributed by atoms with Crippen LogP contribution in [0, 0.1) is 0 Å². The Hall–Kier alpha value is -0.300. The summed E-state index contributed by atoms with van der Waals surface area (Å²) in [7, 11) is 0. The molecule has 0 aliphatic heterocycles. The van der Waals surface area contributed by atoms with Gasteiger partial charge in [-0.3, -0.25) is 0 Å². The Morgan fingerprint density at radius 1 is 1.27 bits per heavy atom. The highest BCUT2D eigenvalue weighted by atomic mass is 16.3. The quantitative estimate of drug-likeness (QED) is 0.586. The van der Waals surface area contributed by atoms with Gasteiger partial charge >= 0.3 is 0 Å². The molecule has 1 atom stereocenters. The number of unbranched alkanes of at least 4 members (excludes halogenated alkanes) is 2. The summed E-state index contributed by atoms with van der Waals surface area (Å²) < 4.78 is 0. The van der Waals surface area contributed by atoms with Gasteiger partial charge in [0, 0.05) is 0 Å². The Balaban J connectivity index is 3.27. The Morgan fingerprint density at radius 2 is 2.00 bits per heavy atom. The van der Waals surface area contributed by atoms with Crippen molar-refractivity contribution in [2.45, 2.75) is 52.1 Å². The van der Waals surface area contributed by atoms with E-state index in [-0.39, 0.29) is 6.10 Å². The average molecular weight is 156 g/mol. The zero-order chi connectivity index (χ0) is 8.53. The number of hydrogen-bond acceptors (Lipinski definition) is 1. The first-order valence-corrected chi connectivity index (χ1v) is 4.66. The summed E-state index contributed by atoms with van der Waals surface area (Å²) in [6, 6.07) is 0. The zero-order valence-electron chi connectivity index (χ0n) is 7.71. The molecule has 0 heterocycles. The number of rotatable bonds is 6. The summed E-state index contributed by atoms with van der Waals surface area (Å²) in [6.07, 6.45) is 9.23. The van der Waals surface area contributed by atoms with E-state index >= 15 is 0 Å². The molecule has 0 aromatic rings. The molecule has 0 aliphatic carbocycles. The van der Waals surface area contributed by atoms with Crippen LogP contribution in [0.5, 0.6) is 0 Å². The monoisotopic (exact) mass is 156 g/mol. The Morgan fingerprint density at radius 3 is 2.55 bits per heavy atom. The van der Waals surface area contributed by atoms with Crippen molar-refractivity contribution >= 4 is 0 Å². The lowest BCUT2D eigenvalue weighted by molar-refractivity contribution is 0.209. The van der Waals surface area contributed by atoms with Crippen LogP contribution in [0.4, 0.5) is 0 Å². The molecule has 66 valence electrons. The van der Waals surface area contributed by atoms with Crippen LogP contribution in [0.25, 0.3) is 0 Å². The first kappa shape index (κ1) is 10.7. The van der Waals surface area contributed by atoms with Gasteiger partial charge < -0.3 is 5.11 Å². The highest BCUT2D eigenvalue weighted by Crippen LogP contribution is 2.02. The molecule has 1 nitrogen and oxygen atoms in total. The van der Waals surface area contributed by atoms with Crippen LogP contribution in [0.1, 0.15) is 46.0 Å². The van der Waals surface area contributed by atoms with Crippen LogP contribution < -0.4 is 0 Å². The lowest BCUT2D eigenvalue weighted by atomic mass is 10.1. The molecule has 1 heteroatoms. The molecule has 0 rings (SSSR count). The maximum atomic E-state index is 9.32. The van der Waals surface area contributed by atoms with Crippen molar-refractivity contribution in [2.24, 2.45) is 0 Å². The van der Waals surface area contributed by atoms with E-state index in [4.69, 9.17) is 0 Å². The molecule has 0 saturated heterocycles. The largest absolute Gasteiger partial charge is 0.389 e. The topological polar surface area (TPSA) is 20.2 Å². The van der Waals surface area contributed by atoms with Crippen molar-refractivity contribution in [1.82, 2.24) is 0 Å². The smallest absolute Gasteiger partial charge is 0.0720 e. The lowest BCUT2D eigenvalue weighted by Gasteiger charge is -2.02. The SMILES string of the molecule is CCC/C=C/C(O)CCCC. The summed E-state index contributed by atoms with van der Waals surface area (Å²) >= 11 is 0. The van der Waals surface area contributed by atoms with Crippen LogP contribution in [0.15, 0.2) is 12.2 Å². The molecular weight excluding hydrogens is 136 g/mol. The molecule has 11 heavy (non-hydrogen) atoms. The van der Waals surface area contributed by atoms with Crippen molar-refractivity contribution in [1.29, 1.82) is 0 Å². The van der Waals surface area contributed by atoms with E-state index in [1.54, 1.807) is 0 Å². The molecule has 0 fully saturated rings. The van der Waals surface area contributed by atoms with Gasteiger partial charge in [0.1, 0.15) is 0 Å². The van der Waals surface area contributed by atoms with Gasteiger partial charge in [-0.1, -0.05) is 45.3 Å². The summed E-state index contributed by atoms with van der Waals surface area (Å²) in [4.78, 5) is 0. The number of aliphatic hydroxyl groups is 1. The maximum Gasteiger partial charge on any atom is 0.0720 e. The van der Waals surface area contributed by atoms with Gasteiger partial charge in [-0.05, 0) is 12.8 Å². The van der Waals surface area contributed by atoms with E-state index < -0.39 is 0 Å². The van der Waals surface area contributed by atoms with Crippen molar-refractivity contribution < 1.29 is 5.11 Å². The molecule has 0 bridgehead atoms. The van der Waals surface area contributed by atoms with Crippen LogP contribution in [0.3, 0.4) is 0 Å². The van der Waals surface area contributed by atoms with Crippen molar-refractivity contribution in [3.05, 3.63) is 12.2 Å². The molecule has 1 unspecified atom stereocenters. The molecule has 0 spiro atoms. The normalized spacial score (nSPS) is 14.1. The summed E-state index contributed by atoms with van der Waals surface area (Å²) in [5.41, 5.74) is 0. The molecule has 0 saturated carbocycles. The summed E-state index contributed by atoms with van der Waals surface area (Å²) in [5.74, 6) is 0. The molecule has 1 N–H and O–H groups in total. The van der Waals surface area contributed by atoms with Crippen molar-refractivity contribution in [3.8, 4) is 0 Å². The fourth-order valence-corrected chi connectivity index (χ4v) is 0.929. The summed E-state index contributed by atoms with van der Waals surface area (Å²) in [6.45, 7) is 4.28. The van der Waals surface area contributed by atoms with E-state index in [1.165, 1.54) is 6.42 Å². The van der Waals surface area contributed by atoms with E-state index in [9.17, 15) is 5.11 Å². The maximum absolute atomic E-state index is 9.32. The number of allylic oxidation sites excluding steroid dienone is 1. The van der Waals surface area contributed by atoms with Gasteiger partial charge in [-0.2, -0.15) is 0 Å². The predicted molar refractivity (Wildman–Crippen MR) is 49.6 cm³/mol. The van der Waals surface area contributed by atoms with Crippen molar-refractivity contribution in [2.75, 3.05) is 0 Å². The van der Waals surface area contributed by atoms with Gasteiger partial charge in [0.05, 0.1) is 6.10 Å². The Kier molecular flexibility index (Phi) is 7.59. The Labute approximate surface area is 70.1 Å². The second-order valence-corrected chi connectivity index (χ2v) is 2.93. The third kappa shape index (κ3) is 7.60. The molecule has 0 radical (unpaired) electrons. The third-order valence-electron chi connectivity index (χ3n) is 1.67. The first-order valence-electron chi connectivity index (χ1n) is 4.66. The van der Waals surface area contributed by atoms with Gasteiger partial charge in [-0.25, -0.2) is 0 Å². The molecule has 0 aromatic heterocycles. The van der Waals surface area contributed by atoms with E-state index in [0.29, 0.717) is 0 Å². The second kappa shape index (κ2) is 7.80. The predicted octanol–water partition coefficient (Wildman–Crippen LogP) is 2.89. The van der Waals surface area contributed by atoms with Crippen molar-refractivity contribution in [3.63, 3.8) is 0 Å². The summed E-state index contributed by atoms with van der Waals surface area (Å²) in [5, 5.41) is 9.32. The first-order chi connectivity index (χ1) is 5.31. The van der Waals surface area contributed by atoms with Crippen LogP contribution in [0.2, 0.25) is 0 Å². The average Bonchev–Trinajstić information content (AvgIpc) is 2.01. The number of aliphatic hydroxyl groups excluding tert-OH is 1. The van der Waals surface area contributed by atoms with Crippen LogP contribution >= 0.6 is 0 Å². The van der Waals surface area contributed by atoms with Crippen LogP contribution in [-0.2, 0) is 0 Å². The molecule has 0 aromatic carbocycles. The molecular formula is C10H20O. The van der Waals surface area contributed by atoms with Crippen LogP contribution in [-0.4, -0.2) is 11.2 Å². The van der Waals surface area contributed by atoms with E-state index in [2.05, 4.69) is 19.9 Å². The lowest BCUT2D eigenvalue weighted by Crippen LogP contribution is -2.00. The Bertz CT molecular complexity index is 97.0. The van der Waals surface area contributed by atoms with Gasteiger partial charge in [0.2, 0.25) is 0 Å². The highest BCUT2D eigenvalue weighted by Gasteiger charge is 1.95. The second-order valence-electron chi connectivity index (χ2n) is 2.93. The molecule has 0 amide bonds. The minimum Gasteiger partial charge on any atom is -0.389 e. The van der Waals surface area contributed by atoms with E-state index in [0.717, 1.165) is 25.7 Å². The molecule has 0 aliphatic rings. The van der Waals surface area contributed by atoms with E-state index in [1.807, 2.05) is 6.08 Å². The van der Waals surface area contributed by atoms with Gasteiger partial charge in [0.25, 0.3) is 0 Å². The minimum atomic E-state index is -0.207.